The Hall–Kier alpha value is -1.28. The smallest absolute Gasteiger partial charge is 0.195 e. The molecular formula is C7H11N5O2S. The average Bonchev–Trinajstić information content (AvgIpc) is 2.88. The van der Waals surface area contributed by atoms with E-state index in [1.54, 1.807) is 0 Å². The molecule has 2 heterocycles. The van der Waals surface area contributed by atoms with Crippen molar-refractivity contribution in [3.05, 3.63) is 5.69 Å². The fourth-order valence-electron chi connectivity index (χ4n) is 1.35. The van der Waals surface area contributed by atoms with E-state index in [1.807, 2.05) is 0 Å². The molecule has 15 heavy (non-hydrogen) atoms. The Kier molecular flexibility index (Phi) is 3.07. The lowest BCUT2D eigenvalue weighted by Crippen LogP contribution is -2.16. The summed E-state index contributed by atoms with van der Waals surface area (Å²) in [4.78, 5) is 0. The fraction of sp³-hybridized carbons (Fsp3) is 0.571. The summed E-state index contributed by atoms with van der Waals surface area (Å²) in [5, 5.41) is 22.9. The summed E-state index contributed by atoms with van der Waals surface area (Å²) in [7, 11) is 0. The van der Waals surface area contributed by atoms with Crippen molar-refractivity contribution in [2.24, 2.45) is 10.9 Å². The van der Waals surface area contributed by atoms with Gasteiger partial charge in [0, 0.05) is 11.8 Å². The van der Waals surface area contributed by atoms with E-state index >= 15 is 0 Å². The number of thioether (sulfide) groups is 1. The highest BCUT2D eigenvalue weighted by atomic mass is 32.2. The van der Waals surface area contributed by atoms with Crippen molar-refractivity contribution in [3.8, 4) is 0 Å². The second kappa shape index (κ2) is 4.49. The first-order chi connectivity index (χ1) is 7.31. The Morgan fingerprint density at radius 1 is 1.67 bits per heavy atom. The first-order valence-corrected chi connectivity index (χ1v) is 5.37. The zero-order valence-electron chi connectivity index (χ0n) is 7.88. The van der Waals surface area contributed by atoms with Crippen molar-refractivity contribution in [2.75, 3.05) is 13.1 Å². The third-order valence-corrected chi connectivity index (χ3v) is 3.33. The van der Waals surface area contributed by atoms with Crippen LogP contribution in [-0.4, -0.2) is 39.7 Å². The van der Waals surface area contributed by atoms with Gasteiger partial charge in [0.05, 0.1) is 0 Å². The molecule has 1 aliphatic rings. The second-order valence-electron chi connectivity index (χ2n) is 3.14. The number of oxime groups is 1. The number of hydrogen-bond donors (Lipinski definition) is 3. The van der Waals surface area contributed by atoms with Crippen LogP contribution in [0.1, 0.15) is 12.1 Å². The van der Waals surface area contributed by atoms with E-state index in [4.69, 9.17) is 10.9 Å². The number of nitrogens with zero attached hydrogens (tertiary/aromatic N) is 3. The molecule has 82 valence electrons. The van der Waals surface area contributed by atoms with Gasteiger partial charge < -0.3 is 16.3 Å². The third kappa shape index (κ3) is 2.21. The van der Waals surface area contributed by atoms with Crippen LogP contribution in [0.25, 0.3) is 0 Å². The first-order valence-electron chi connectivity index (χ1n) is 4.49. The van der Waals surface area contributed by atoms with Gasteiger partial charge in [-0.2, -0.15) is 0 Å². The summed E-state index contributed by atoms with van der Waals surface area (Å²) in [6.07, 6.45) is 1.06. The van der Waals surface area contributed by atoms with Crippen LogP contribution in [0.15, 0.2) is 14.8 Å². The van der Waals surface area contributed by atoms with E-state index in [1.165, 1.54) is 11.8 Å². The summed E-state index contributed by atoms with van der Waals surface area (Å²) in [6.45, 7) is 1.93. The minimum absolute atomic E-state index is 0.0790. The molecule has 4 N–H and O–H groups in total. The van der Waals surface area contributed by atoms with Crippen molar-refractivity contribution >= 4 is 17.6 Å². The van der Waals surface area contributed by atoms with E-state index in [0.717, 1.165) is 19.5 Å². The van der Waals surface area contributed by atoms with Gasteiger partial charge in [0.25, 0.3) is 0 Å². The SMILES string of the molecule is N/C(=N\O)c1nonc1SC1CCNC1. The monoisotopic (exact) mass is 229 g/mol. The van der Waals surface area contributed by atoms with Gasteiger partial charge in [0.1, 0.15) is 0 Å². The summed E-state index contributed by atoms with van der Waals surface area (Å²) in [6, 6.07) is 0. The summed E-state index contributed by atoms with van der Waals surface area (Å²) in [5.74, 6) is -0.0790. The lowest BCUT2D eigenvalue weighted by molar-refractivity contribution is 0.296. The Bertz CT molecular complexity index is 360. The maximum atomic E-state index is 8.52. The predicted molar refractivity (Wildman–Crippen MR) is 53.9 cm³/mol. The molecule has 0 aromatic carbocycles. The van der Waals surface area contributed by atoms with Gasteiger partial charge in [0.2, 0.25) is 0 Å². The third-order valence-electron chi connectivity index (χ3n) is 2.10. The molecule has 1 unspecified atom stereocenters. The number of rotatable bonds is 3. The fourth-order valence-corrected chi connectivity index (χ4v) is 2.43. The molecule has 8 heteroatoms. The van der Waals surface area contributed by atoms with E-state index in [2.05, 4.69) is 25.4 Å². The zero-order valence-corrected chi connectivity index (χ0v) is 8.70. The summed E-state index contributed by atoms with van der Waals surface area (Å²) >= 11 is 1.53. The molecule has 0 radical (unpaired) electrons. The van der Waals surface area contributed by atoms with Crippen LogP contribution < -0.4 is 11.1 Å². The normalized spacial score (nSPS) is 22.1. The molecule has 0 saturated carbocycles. The van der Waals surface area contributed by atoms with Gasteiger partial charge in [-0.05, 0) is 23.3 Å². The van der Waals surface area contributed by atoms with Crippen molar-refractivity contribution < 1.29 is 9.84 Å². The number of nitrogens with one attached hydrogen (secondary N) is 1. The minimum atomic E-state index is -0.0790. The molecule has 7 nitrogen and oxygen atoms in total. The highest BCUT2D eigenvalue weighted by Gasteiger charge is 2.22. The number of amidine groups is 1. The van der Waals surface area contributed by atoms with Crippen LogP contribution in [0.2, 0.25) is 0 Å². The van der Waals surface area contributed by atoms with E-state index in [0.29, 0.717) is 16.0 Å². The van der Waals surface area contributed by atoms with Crippen LogP contribution >= 0.6 is 11.8 Å². The second-order valence-corrected chi connectivity index (χ2v) is 4.42. The predicted octanol–water partition coefficient (Wildman–Crippen LogP) is -0.382. The average molecular weight is 229 g/mol. The molecule has 1 aromatic heterocycles. The van der Waals surface area contributed by atoms with E-state index in [-0.39, 0.29) is 5.84 Å². The number of hydrogen-bond acceptors (Lipinski definition) is 7. The lowest BCUT2D eigenvalue weighted by Gasteiger charge is -2.04. The first kappa shape index (κ1) is 10.2. The van der Waals surface area contributed by atoms with E-state index in [9.17, 15) is 0 Å². The summed E-state index contributed by atoms with van der Waals surface area (Å²) in [5.41, 5.74) is 5.72. The minimum Gasteiger partial charge on any atom is -0.409 e. The Balaban J connectivity index is 2.10. The molecular weight excluding hydrogens is 218 g/mol. The molecule has 1 atom stereocenters. The van der Waals surface area contributed by atoms with Crippen LogP contribution in [-0.2, 0) is 0 Å². The lowest BCUT2D eigenvalue weighted by atomic mass is 10.4. The van der Waals surface area contributed by atoms with Crippen LogP contribution in [0, 0.1) is 0 Å². The van der Waals surface area contributed by atoms with E-state index < -0.39 is 0 Å². The Morgan fingerprint density at radius 2 is 2.53 bits per heavy atom. The van der Waals surface area contributed by atoms with Crippen LogP contribution in [0.3, 0.4) is 0 Å². The van der Waals surface area contributed by atoms with Gasteiger partial charge in [-0.25, -0.2) is 4.63 Å². The highest BCUT2D eigenvalue weighted by molar-refractivity contribution is 8.00. The largest absolute Gasteiger partial charge is 0.409 e. The van der Waals surface area contributed by atoms with Gasteiger partial charge >= 0.3 is 0 Å². The molecule has 0 bridgehead atoms. The number of aromatic nitrogens is 2. The Morgan fingerprint density at radius 3 is 3.20 bits per heavy atom. The van der Waals surface area contributed by atoms with Gasteiger partial charge in [-0.1, -0.05) is 16.9 Å². The molecule has 0 spiro atoms. The molecule has 1 aromatic rings. The molecule has 2 rings (SSSR count). The highest BCUT2D eigenvalue weighted by Crippen LogP contribution is 2.27. The summed E-state index contributed by atoms with van der Waals surface area (Å²) < 4.78 is 4.57. The topological polar surface area (TPSA) is 110 Å². The zero-order chi connectivity index (χ0) is 10.7. The van der Waals surface area contributed by atoms with Crippen molar-refractivity contribution in [1.29, 1.82) is 0 Å². The van der Waals surface area contributed by atoms with Crippen LogP contribution in [0.4, 0.5) is 0 Å². The molecule has 0 aliphatic carbocycles. The van der Waals surface area contributed by atoms with Gasteiger partial charge in [-0.15, -0.1) is 0 Å². The molecule has 1 saturated heterocycles. The molecule has 1 aliphatic heterocycles. The standard InChI is InChI=1S/C7H11N5O2S/c8-6(10-13)5-7(12-14-11-5)15-4-1-2-9-3-4/h4,9,13H,1-3H2,(H2,8,10). The molecule has 1 fully saturated rings. The van der Waals surface area contributed by atoms with Crippen LogP contribution in [0.5, 0.6) is 0 Å². The Labute approximate surface area is 90.0 Å². The maximum absolute atomic E-state index is 8.52. The number of nitrogens with two attached hydrogens (primary N) is 1. The maximum Gasteiger partial charge on any atom is 0.195 e. The quantitative estimate of drug-likeness (QED) is 0.280. The van der Waals surface area contributed by atoms with Crippen molar-refractivity contribution in [1.82, 2.24) is 15.6 Å². The van der Waals surface area contributed by atoms with Gasteiger partial charge in [0.15, 0.2) is 16.6 Å². The van der Waals surface area contributed by atoms with Crippen molar-refractivity contribution in [2.45, 2.75) is 16.7 Å². The van der Waals surface area contributed by atoms with Gasteiger partial charge in [-0.3, -0.25) is 0 Å². The molecule has 0 amide bonds. The van der Waals surface area contributed by atoms with Crippen molar-refractivity contribution in [3.63, 3.8) is 0 Å².